The van der Waals surface area contributed by atoms with Crippen LogP contribution < -0.4 is 5.32 Å². The molecule has 4 rings (SSSR count). The molecule has 4 atom stereocenters. The Hall–Kier alpha value is -0.530. The van der Waals surface area contributed by atoms with E-state index in [1.807, 2.05) is 6.92 Å². The number of hydrogen-bond donors (Lipinski definition) is 1. The lowest BCUT2D eigenvalue weighted by Crippen LogP contribution is -2.65. The van der Waals surface area contributed by atoms with Crippen LogP contribution in [-0.4, -0.2) is 11.4 Å². The van der Waals surface area contributed by atoms with Gasteiger partial charge in [0.05, 0.1) is 0 Å². The van der Waals surface area contributed by atoms with Crippen molar-refractivity contribution in [1.82, 2.24) is 5.32 Å². The average molecular weight is 235 g/mol. The normalized spacial score (nSPS) is 51.6. The SMILES string of the molecule is CCC(=O)NC12CC3C[C@@](C)(C1)C[C@](C)(C3)C2. The van der Waals surface area contributed by atoms with Gasteiger partial charge in [0.2, 0.25) is 5.91 Å². The van der Waals surface area contributed by atoms with E-state index in [0.717, 1.165) is 5.92 Å². The zero-order valence-electron chi connectivity index (χ0n) is 11.4. The number of carbonyl (C=O) groups excluding carboxylic acids is 1. The van der Waals surface area contributed by atoms with Crippen LogP contribution in [0.5, 0.6) is 0 Å². The fourth-order valence-corrected chi connectivity index (χ4v) is 5.97. The summed E-state index contributed by atoms with van der Waals surface area (Å²) in [5, 5.41) is 3.39. The van der Waals surface area contributed by atoms with Gasteiger partial charge in [0.1, 0.15) is 0 Å². The number of hydrogen-bond acceptors (Lipinski definition) is 1. The molecule has 0 saturated heterocycles. The van der Waals surface area contributed by atoms with Crippen molar-refractivity contribution in [1.29, 1.82) is 0 Å². The molecular weight excluding hydrogens is 210 g/mol. The first-order chi connectivity index (χ1) is 7.86. The lowest BCUT2D eigenvalue weighted by Gasteiger charge is -2.65. The molecule has 0 aromatic carbocycles. The zero-order valence-corrected chi connectivity index (χ0v) is 11.4. The van der Waals surface area contributed by atoms with E-state index in [2.05, 4.69) is 19.2 Å². The monoisotopic (exact) mass is 235 g/mol. The van der Waals surface area contributed by atoms with Crippen LogP contribution in [0, 0.1) is 16.7 Å². The molecule has 0 spiro atoms. The van der Waals surface area contributed by atoms with Crippen LogP contribution in [0.15, 0.2) is 0 Å². The maximum Gasteiger partial charge on any atom is 0.220 e. The maximum atomic E-state index is 11.8. The third-order valence-electron chi connectivity index (χ3n) is 5.35. The fraction of sp³-hybridized carbons (Fsp3) is 0.933. The number of rotatable bonds is 2. The molecule has 0 radical (unpaired) electrons. The number of amides is 1. The molecule has 2 unspecified atom stereocenters. The van der Waals surface area contributed by atoms with E-state index >= 15 is 0 Å². The Labute approximate surface area is 105 Å². The molecule has 0 aliphatic heterocycles. The van der Waals surface area contributed by atoms with E-state index < -0.39 is 0 Å². The van der Waals surface area contributed by atoms with E-state index in [1.54, 1.807) is 0 Å². The highest BCUT2D eigenvalue weighted by atomic mass is 16.1. The second-order valence-electron chi connectivity index (χ2n) is 7.81. The summed E-state index contributed by atoms with van der Waals surface area (Å²) < 4.78 is 0. The molecule has 96 valence electrons. The highest BCUT2D eigenvalue weighted by molar-refractivity contribution is 5.76. The van der Waals surface area contributed by atoms with Gasteiger partial charge in [-0.05, 0) is 55.3 Å². The molecule has 1 amide bonds. The number of carbonyl (C=O) groups is 1. The minimum absolute atomic E-state index is 0.149. The van der Waals surface area contributed by atoms with Gasteiger partial charge in [-0.1, -0.05) is 20.8 Å². The molecule has 4 saturated carbocycles. The van der Waals surface area contributed by atoms with Crippen molar-refractivity contribution in [3.8, 4) is 0 Å². The van der Waals surface area contributed by atoms with E-state index in [9.17, 15) is 4.79 Å². The number of nitrogens with one attached hydrogen (secondary N) is 1. The predicted molar refractivity (Wildman–Crippen MR) is 68.6 cm³/mol. The van der Waals surface area contributed by atoms with Crippen LogP contribution in [0.2, 0.25) is 0 Å². The lowest BCUT2D eigenvalue weighted by atomic mass is 9.43. The molecule has 17 heavy (non-hydrogen) atoms. The molecule has 0 aromatic heterocycles. The highest BCUT2D eigenvalue weighted by Gasteiger charge is 2.60. The first-order valence-electron chi connectivity index (χ1n) is 7.17. The van der Waals surface area contributed by atoms with Gasteiger partial charge in [-0.3, -0.25) is 4.79 Å². The Bertz CT molecular complexity index is 344. The summed E-state index contributed by atoms with van der Waals surface area (Å²) in [6.45, 7) is 6.85. The first kappa shape index (κ1) is 11.6. The van der Waals surface area contributed by atoms with Crippen molar-refractivity contribution in [2.45, 2.75) is 71.3 Å². The summed E-state index contributed by atoms with van der Waals surface area (Å²) in [6.07, 6.45) is 8.47. The Morgan fingerprint density at radius 3 is 2.18 bits per heavy atom. The maximum absolute atomic E-state index is 11.8. The second kappa shape index (κ2) is 3.27. The summed E-state index contributed by atoms with van der Waals surface area (Å²) in [7, 11) is 0. The van der Waals surface area contributed by atoms with Crippen LogP contribution >= 0.6 is 0 Å². The molecule has 1 N–H and O–H groups in total. The van der Waals surface area contributed by atoms with Crippen molar-refractivity contribution in [3.05, 3.63) is 0 Å². The van der Waals surface area contributed by atoms with E-state index in [0.29, 0.717) is 17.3 Å². The first-order valence-corrected chi connectivity index (χ1v) is 7.17. The summed E-state index contributed by atoms with van der Waals surface area (Å²) in [4.78, 5) is 11.8. The van der Waals surface area contributed by atoms with Gasteiger partial charge in [0.15, 0.2) is 0 Å². The van der Waals surface area contributed by atoms with E-state index in [4.69, 9.17) is 0 Å². The molecule has 0 aromatic rings. The summed E-state index contributed by atoms with van der Waals surface area (Å²) in [6, 6.07) is 0. The minimum atomic E-state index is 0.149. The fourth-order valence-electron chi connectivity index (χ4n) is 5.97. The molecule has 4 fully saturated rings. The van der Waals surface area contributed by atoms with Gasteiger partial charge < -0.3 is 5.32 Å². The van der Waals surface area contributed by atoms with Gasteiger partial charge in [-0.2, -0.15) is 0 Å². The Morgan fingerprint density at radius 2 is 1.71 bits per heavy atom. The lowest BCUT2D eigenvalue weighted by molar-refractivity contribution is -0.139. The molecule has 0 heterocycles. The predicted octanol–water partition coefficient (Wildman–Crippen LogP) is 3.26. The van der Waals surface area contributed by atoms with Crippen LogP contribution in [0.4, 0.5) is 0 Å². The van der Waals surface area contributed by atoms with Crippen molar-refractivity contribution in [2.24, 2.45) is 16.7 Å². The third kappa shape index (κ3) is 1.80. The van der Waals surface area contributed by atoms with Gasteiger partial charge in [0.25, 0.3) is 0 Å². The second-order valence-corrected chi connectivity index (χ2v) is 7.81. The molecule has 4 aliphatic carbocycles. The smallest absolute Gasteiger partial charge is 0.220 e. The Morgan fingerprint density at radius 1 is 1.12 bits per heavy atom. The van der Waals surface area contributed by atoms with Gasteiger partial charge >= 0.3 is 0 Å². The average Bonchev–Trinajstić information content (AvgIpc) is 2.10. The van der Waals surface area contributed by atoms with Crippen molar-refractivity contribution < 1.29 is 4.79 Å². The quantitative estimate of drug-likeness (QED) is 0.782. The summed E-state index contributed by atoms with van der Waals surface area (Å²) in [5.41, 5.74) is 1.14. The molecular formula is C15H25NO. The van der Waals surface area contributed by atoms with Crippen LogP contribution in [0.1, 0.15) is 65.7 Å². The van der Waals surface area contributed by atoms with E-state index in [-0.39, 0.29) is 11.4 Å². The molecule has 4 aliphatic rings. The summed E-state index contributed by atoms with van der Waals surface area (Å²) >= 11 is 0. The van der Waals surface area contributed by atoms with Gasteiger partial charge in [0, 0.05) is 12.0 Å². The molecule has 4 bridgehead atoms. The summed E-state index contributed by atoms with van der Waals surface area (Å²) in [5.74, 6) is 1.11. The van der Waals surface area contributed by atoms with Crippen LogP contribution in [-0.2, 0) is 4.79 Å². The Balaban J connectivity index is 1.89. The molecule has 2 nitrogen and oxygen atoms in total. The van der Waals surface area contributed by atoms with Crippen LogP contribution in [0.25, 0.3) is 0 Å². The van der Waals surface area contributed by atoms with Gasteiger partial charge in [-0.15, -0.1) is 0 Å². The van der Waals surface area contributed by atoms with Crippen LogP contribution in [0.3, 0.4) is 0 Å². The minimum Gasteiger partial charge on any atom is -0.351 e. The third-order valence-corrected chi connectivity index (χ3v) is 5.35. The van der Waals surface area contributed by atoms with Crippen molar-refractivity contribution >= 4 is 5.91 Å². The highest BCUT2D eigenvalue weighted by Crippen LogP contribution is 2.66. The zero-order chi connectivity index (χ0) is 12.3. The van der Waals surface area contributed by atoms with Crippen molar-refractivity contribution in [3.63, 3.8) is 0 Å². The Kier molecular flexibility index (Phi) is 2.22. The topological polar surface area (TPSA) is 29.1 Å². The van der Waals surface area contributed by atoms with Gasteiger partial charge in [-0.25, -0.2) is 0 Å². The standard InChI is InChI=1S/C15H25NO/c1-4-12(17)16-15-7-11-5-13(2,9-15)8-14(3,6-11)10-15/h11H,4-10H2,1-3H3,(H,16,17)/t11?,13-,14+,15?. The van der Waals surface area contributed by atoms with E-state index in [1.165, 1.54) is 38.5 Å². The van der Waals surface area contributed by atoms with Crippen molar-refractivity contribution in [2.75, 3.05) is 0 Å². The molecule has 2 heteroatoms. The largest absolute Gasteiger partial charge is 0.351 e.